The van der Waals surface area contributed by atoms with Gasteiger partial charge in [0.25, 0.3) is 5.78 Å². The van der Waals surface area contributed by atoms with Gasteiger partial charge in [-0.1, -0.05) is 5.10 Å². The van der Waals surface area contributed by atoms with Crippen molar-refractivity contribution in [3.05, 3.63) is 10.4 Å². The van der Waals surface area contributed by atoms with Crippen LogP contribution in [0.5, 0.6) is 0 Å². The summed E-state index contributed by atoms with van der Waals surface area (Å²) in [4.78, 5) is 12.3. The van der Waals surface area contributed by atoms with Crippen molar-refractivity contribution in [1.29, 1.82) is 0 Å². The van der Waals surface area contributed by atoms with Crippen molar-refractivity contribution in [2.24, 2.45) is 0 Å². The van der Waals surface area contributed by atoms with Gasteiger partial charge in [-0.05, 0) is 55.6 Å². The highest BCUT2D eigenvalue weighted by Crippen LogP contribution is 2.40. The summed E-state index contributed by atoms with van der Waals surface area (Å²) >= 11 is 1.83. The topological polar surface area (TPSA) is 62.5 Å². The molecule has 0 spiro atoms. The highest BCUT2D eigenvalue weighted by molar-refractivity contribution is 7.19. The largest absolute Gasteiger partial charge is 0.353 e. The predicted octanol–water partition coefficient (Wildman–Crippen LogP) is 2.10. The standard InChI is InChI=1S/C16H21N7S/c1-10-5-3-4-7-22(10)14-13-11-6-8-21(2)9-12(11)24-15(13)23-16(17-14)18-19-20-23/h10H,3-9H2,1-2H3. The Morgan fingerprint density at radius 3 is 3.00 bits per heavy atom. The molecule has 8 heteroatoms. The molecule has 126 valence electrons. The number of likely N-dealkylation sites (N-methyl/N-ethyl adjacent to an activating group) is 1. The van der Waals surface area contributed by atoms with Gasteiger partial charge in [0.05, 0.1) is 5.39 Å². The summed E-state index contributed by atoms with van der Waals surface area (Å²) in [6.07, 6.45) is 4.85. The number of tetrazole rings is 1. The first-order valence-electron chi connectivity index (χ1n) is 8.70. The molecule has 5 rings (SSSR count). The lowest BCUT2D eigenvalue weighted by Crippen LogP contribution is -2.38. The van der Waals surface area contributed by atoms with Crippen LogP contribution in [-0.2, 0) is 13.0 Å². The van der Waals surface area contributed by atoms with E-state index in [-0.39, 0.29) is 0 Å². The molecule has 5 heterocycles. The smallest absolute Gasteiger partial charge is 0.276 e. The lowest BCUT2D eigenvalue weighted by atomic mass is 10.0. The number of aromatic nitrogens is 5. The number of thiophene rings is 1. The third kappa shape index (κ3) is 2.05. The summed E-state index contributed by atoms with van der Waals surface area (Å²) in [6.45, 7) is 5.49. The number of rotatable bonds is 1. The van der Waals surface area contributed by atoms with Gasteiger partial charge in [-0.15, -0.1) is 11.3 Å². The first-order chi connectivity index (χ1) is 11.7. The minimum Gasteiger partial charge on any atom is -0.353 e. The molecular formula is C16H21N7S. The van der Waals surface area contributed by atoms with Crippen LogP contribution in [0.1, 0.15) is 36.6 Å². The molecule has 3 aromatic heterocycles. The van der Waals surface area contributed by atoms with Crippen molar-refractivity contribution in [2.75, 3.05) is 25.0 Å². The molecule has 2 aliphatic heterocycles. The van der Waals surface area contributed by atoms with Gasteiger partial charge in [-0.3, -0.25) is 0 Å². The molecule has 1 atom stereocenters. The van der Waals surface area contributed by atoms with E-state index >= 15 is 0 Å². The fourth-order valence-electron chi connectivity index (χ4n) is 4.05. The van der Waals surface area contributed by atoms with E-state index in [1.54, 1.807) is 0 Å². The van der Waals surface area contributed by atoms with Crippen molar-refractivity contribution in [2.45, 2.75) is 45.2 Å². The van der Waals surface area contributed by atoms with Crippen LogP contribution in [0, 0.1) is 0 Å². The van der Waals surface area contributed by atoms with Crippen LogP contribution in [-0.4, -0.2) is 56.1 Å². The molecular weight excluding hydrogens is 322 g/mol. The zero-order valence-electron chi connectivity index (χ0n) is 14.1. The van der Waals surface area contributed by atoms with Gasteiger partial charge in [0.15, 0.2) is 0 Å². The van der Waals surface area contributed by atoms with E-state index in [4.69, 9.17) is 4.98 Å². The Balaban J connectivity index is 1.80. The second-order valence-corrected chi connectivity index (χ2v) is 8.12. The summed E-state index contributed by atoms with van der Waals surface area (Å²) in [5, 5.41) is 13.5. The zero-order valence-corrected chi connectivity index (χ0v) is 14.9. The Kier molecular flexibility index (Phi) is 3.24. The summed E-state index contributed by atoms with van der Waals surface area (Å²) in [7, 11) is 2.19. The van der Waals surface area contributed by atoms with Gasteiger partial charge >= 0.3 is 0 Å². The van der Waals surface area contributed by atoms with Crippen LogP contribution in [0.15, 0.2) is 0 Å². The summed E-state index contributed by atoms with van der Waals surface area (Å²) in [5.41, 5.74) is 1.46. The van der Waals surface area contributed by atoms with Crippen LogP contribution >= 0.6 is 11.3 Å². The van der Waals surface area contributed by atoms with Crippen molar-refractivity contribution in [1.82, 2.24) is 29.9 Å². The molecule has 3 aromatic rings. The van der Waals surface area contributed by atoms with Gasteiger partial charge in [0, 0.05) is 30.6 Å². The fourth-order valence-corrected chi connectivity index (χ4v) is 5.42. The van der Waals surface area contributed by atoms with Crippen LogP contribution in [0.4, 0.5) is 5.82 Å². The van der Waals surface area contributed by atoms with Crippen molar-refractivity contribution < 1.29 is 0 Å². The Morgan fingerprint density at radius 1 is 1.21 bits per heavy atom. The van der Waals surface area contributed by atoms with Gasteiger partial charge < -0.3 is 9.80 Å². The Labute approximate surface area is 144 Å². The quantitative estimate of drug-likeness (QED) is 0.674. The van der Waals surface area contributed by atoms with E-state index < -0.39 is 0 Å². The maximum atomic E-state index is 4.88. The van der Waals surface area contributed by atoms with Crippen molar-refractivity contribution >= 4 is 33.1 Å². The number of hydrogen-bond acceptors (Lipinski definition) is 7. The molecule has 1 fully saturated rings. The second kappa shape index (κ2) is 5.35. The Morgan fingerprint density at radius 2 is 2.12 bits per heavy atom. The van der Waals surface area contributed by atoms with Gasteiger partial charge in [-0.2, -0.15) is 9.50 Å². The third-order valence-electron chi connectivity index (χ3n) is 5.38. The SMILES string of the molecule is CC1CCCCN1c1nc2nnnn2c2sc3c(c12)CCN(C)C3. The number of fused-ring (bicyclic) bond motifs is 5. The minimum atomic E-state index is 0.523. The number of nitrogens with zero attached hydrogens (tertiary/aromatic N) is 7. The van der Waals surface area contributed by atoms with E-state index in [2.05, 4.69) is 39.3 Å². The van der Waals surface area contributed by atoms with Crippen molar-refractivity contribution in [3.8, 4) is 0 Å². The molecule has 0 bridgehead atoms. The molecule has 0 N–H and O–H groups in total. The van der Waals surface area contributed by atoms with Crippen molar-refractivity contribution in [3.63, 3.8) is 0 Å². The molecule has 0 saturated carbocycles. The fraction of sp³-hybridized carbons (Fsp3) is 0.625. The highest BCUT2D eigenvalue weighted by atomic mass is 32.1. The van der Waals surface area contributed by atoms with Gasteiger partial charge in [0.1, 0.15) is 10.6 Å². The van der Waals surface area contributed by atoms with Crippen LogP contribution < -0.4 is 4.90 Å². The maximum Gasteiger partial charge on any atom is 0.276 e. The molecule has 1 unspecified atom stereocenters. The van der Waals surface area contributed by atoms with Gasteiger partial charge in [-0.25, -0.2) is 0 Å². The average Bonchev–Trinajstić information content (AvgIpc) is 3.17. The normalized spacial score (nSPS) is 22.4. The number of hydrogen-bond donors (Lipinski definition) is 0. The summed E-state index contributed by atoms with van der Waals surface area (Å²) in [6, 6.07) is 0.523. The van der Waals surface area contributed by atoms with E-state index in [9.17, 15) is 0 Å². The predicted molar refractivity (Wildman–Crippen MR) is 94.7 cm³/mol. The molecule has 7 nitrogen and oxygen atoms in total. The molecule has 2 aliphatic rings. The molecule has 0 amide bonds. The van der Waals surface area contributed by atoms with Gasteiger partial charge in [0.2, 0.25) is 0 Å². The summed E-state index contributed by atoms with van der Waals surface area (Å²) in [5.74, 6) is 1.71. The number of anilines is 1. The molecule has 0 aromatic carbocycles. The third-order valence-corrected chi connectivity index (χ3v) is 6.57. The summed E-state index contributed by atoms with van der Waals surface area (Å²) < 4.78 is 1.82. The van der Waals surface area contributed by atoms with E-state index in [1.165, 1.54) is 35.1 Å². The van der Waals surface area contributed by atoms with Crippen LogP contribution in [0.2, 0.25) is 0 Å². The average molecular weight is 343 g/mol. The van der Waals surface area contributed by atoms with Crippen LogP contribution in [0.25, 0.3) is 16.0 Å². The molecule has 0 aliphatic carbocycles. The lowest BCUT2D eigenvalue weighted by Gasteiger charge is -2.35. The lowest BCUT2D eigenvalue weighted by molar-refractivity contribution is 0.318. The zero-order chi connectivity index (χ0) is 16.3. The van der Waals surface area contributed by atoms with E-state index in [0.29, 0.717) is 11.8 Å². The minimum absolute atomic E-state index is 0.523. The molecule has 1 saturated heterocycles. The number of piperidine rings is 1. The van der Waals surface area contributed by atoms with Crippen LogP contribution in [0.3, 0.4) is 0 Å². The van der Waals surface area contributed by atoms with E-state index in [0.717, 1.165) is 36.7 Å². The van der Waals surface area contributed by atoms with E-state index in [1.807, 2.05) is 15.9 Å². The monoisotopic (exact) mass is 343 g/mol. The first-order valence-corrected chi connectivity index (χ1v) is 9.51. The Bertz CT molecular complexity index is 914. The Hall–Kier alpha value is -1.80. The second-order valence-electron chi connectivity index (χ2n) is 7.04. The maximum absolute atomic E-state index is 4.88. The first kappa shape index (κ1) is 14.5. The highest BCUT2D eigenvalue weighted by Gasteiger charge is 2.29. The molecule has 24 heavy (non-hydrogen) atoms. The molecule has 0 radical (unpaired) electrons.